The van der Waals surface area contributed by atoms with Crippen molar-refractivity contribution in [2.24, 2.45) is 28.6 Å². The zero-order valence-electron chi connectivity index (χ0n) is 18.3. The molecule has 4 aliphatic carbocycles. The van der Waals surface area contributed by atoms with E-state index >= 15 is 0 Å². The molecule has 5 heteroatoms. The van der Waals surface area contributed by atoms with Crippen molar-refractivity contribution >= 4 is 21.9 Å². The lowest BCUT2D eigenvalue weighted by Gasteiger charge is -2.62. The van der Waals surface area contributed by atoms with Gasteiger partial charge in [-0.1, -0.05) is 41.1 Å². The van der Waals surface area contributed by atoms with E-state index in [4.69, 9.17) is 9.47 Å². The van der Waals surface area contributed by atoms with Gasteiger partial charge in [0.05, 0.1) is 28.7 Å². The number of carbonyl (C=O) groups excluding carboxylic acids is 1. The summed E-state index contributed by atoms with van der Waals surface area (Å²) < 4.78 is 12.5. The summed E-state index contributed by atoms with van der Waals surface area (Å²) in [6.07, 6.45) is 8.24. The first-order chi connectivity index (χ1) is 14.9. The van der Waals surface area contributed by atoms with Crippen LogP contribution in [0.2, 0.25) is 0 Å². The third-order valence-electron chi connectivity index (χ3n) is 10.1. The first-order valence-corrected chi connectivity index (χ1v) is 12.9. The van der Waals surface area contributed by atoms with Crippen molar-refractivity contribution in [3.8, 4) is 0 Å². The zero-order chi connectivity index (χ0) is 21.4. The van der Waals surface area contributed by atoms with Crippen LogP contribution >= 0.6 is 15.9 Å². The number of carbonyl (C=O) groups is 1. The van der Waals surface area contributed by atoms with Gasteiger partial charge >= 0.3 is 5.97 Å². The fourth-order valence-electron chi connectivity index (χ4n) is 8.63. The van der Waals surface area contributed by atoms with E-state index in [9.17, 15) is 9.90 Å². The maximum Gasteiger partial charge on any atom is 0.338 e. The average Bonchev–Trinajstić information content (AvgIpc) is 3.16. The van der Waals surface area contributed by atoms with E-state index < -0.39 is 0 Å². The van der Waals surface area contributed by atoms with Crippen molar-refractivity contribution in [1.82, 2.24) is 0 Å². The van der Waals surface area contributed by atoms with Gasteiger partial charge in [0.1, 0.15) is 6.10 Å². The molecule has 31 heavy (non-hydrogen) atoms. The number of esters is 1. The summed E-state index contributed by atoms with van der Waals surface area (Å²) in [6.45, 7) is 3.22. The van der Waals surface area contributed by atoms with Gasteiger partial charge in [0, 0.05) is 10.8 Å². The van der Waals surface area contributed by atoms with Gasteiger partial charge < -0.3 is 14.6 Å². The summed E-state index contributed by atoms with van der Waals surface area (Å²) in [7, 11) is 0. The van der Waals surface area contributed by atoms with E-state index in [1.54, 1.807) is 0 Å². The number of hydrogen-bond donors (Lipinski definition) is 1. The van der Waals surface area contributed by atoms with Crippen molar-refractivity contribution in [1.29, 1.82) is 0 Å². The van der Waals surface area contributed by atoms with Gasteiger partial charge in [-0.3, -0.25) is 0 Å². The quantitative estimate of drug-likeness (QED) is 0.463. The van der Waals surface area contributed by atoms with Crippen molar-refractivity contribution in [2.45, 2.75) is 80.9 Å². The van der Waals surface area contributed by atoms with Crippen LogP contribution in [0.15, 0.2) is 30.3 Å². The van der Waals surface area contributed by atoms with Crippen LogP contribution in [0.3, 0.4) is 0 Å². The third kappa shape index (κ3) is 2.75. The van der Waals surface area contributed by atoms with Gasteiger partial charge in [-0.05, 0) is 81.3 Å². The summed E-state index contributed by atoms with van der Waals surface area (Å²) in [4.78, 5) is 12.8. The van der Waals surface area contributed by atoms with Crippen LogP contribution in [0.1, 0.15) is 68.6 Å². The lowest BCUT2D eigenvalue weighted by atomic mass is 9.45. The fraction of sp³-hybridized carbons (Fsp3) is 0.731. The SMILES string of the molecule is CC12CCC3C(CC4OCC35CCC(O)C[C@]45Br)C1CCC2OC(=O)c1ccccc1. The lowest BCUT2D eigenvalue weighted by molar-refractivity contribution is -0.114. The van der Waals surface area contributed by atoms with Gasteiger partial charge in [-0.15, -0.1) is 0 Å². The predicted molar refractivity (Wildman–Crippen MR) is 121 cm³/mol. The van der Waals surface area contributed by atoms with E-state index in [0.717, 1.165) is 51.6 Å². The number of rotatable bonds is 2. The number of ether oxygens (including phenoxy) is 2. The van der Waals surface area contributed by atoms with Crippen LogP contribution in [0.4, 0.5) is 0 Å². The summed E-state index contributed by atoms with van der Waals surface area (Å²) in [5.41, 5.74) is 0.860. The number of aliphatic hydroxyl groups is 1. The molecule has 1 aliphatic heterocycles. The molecule has 1 aromatic carbocycles. The van der Waals surface area contributed by atoms with Crippen molar-refractivity contribution in [3.63, 3.8) is 0 Å². The molecule has 1 aromatic rings. The van der Waals surface area contributed by atoms with Gasteiger partial charge in [0.25, 0.3) is 0 Å². The first kappa shape index (κ1) is 20.7. The predicted octanol–water partition coefficient (Wildman–Crippen LogP) is 5.12. The van der Waals surface area contributed by atoms with E-state index in [1.807, 2.05) is 30.3 Å². The molecule has 0 radical (unpaired) electrons. The molecular weight excluding hydrogens is 456 g/mol. The molecule has 1 heterocycles. The highest BCUT2D eigenvalue weighted by Gasteiger charge is 2.72. The number of fused-ring (bicyclic) bond motifs is 3. The molecule has 8 unspecified atom stereocenters. The average molecular weight is 489 g/mol. The molecule has 4 saturated carbocycles. The maximum absolute atomic E-state index is 12.8. The number of alkyl halides is 1. The van der Waals surface area contributed by atoms with E-state index in [-0.39, 0.29) is 39.4 Å². The topological polar surface area (TPSA) is 55.8 Å². The van der Waals surface area contributed by atoms with Gasteiger partial charge in [-0.2, -0.15) is 0 Å². The van der Waals surface area contributed by atoms with Gasteiger partial charge in [0.2, 0.25) is 0 Å². The number of halogens is 1. The standard InChI is InChI=1S/C26H33BrO4/c1-24-11-10-20-18(13-22-26(27)14-17(28)9-12-25(20,26)15-30-22)19(24)7-8-21(24)31-23(29)16-5-3-2-4-6-16/h2-6,17-22,28H,7-15H2,1H3/t17?,18?,19?,20?,21?,22?,24?,25?,26-/m0/s1. The Kier molecular flexibility index (Phi) is 4.70. The Morgan fingerprint density at radius 2 is 1.94 bits per heavy atom. The Labute approximate surface area is 193 Å². The third-order valence-corrected chi connectivity index (χ3v) is 11.8. The molecule has 1 N–H and O–H groups in total. The summed E-state index contributed by atoms with van der Waals surface area (Å²) in [5, 5.41) is 10.4. The van der Waals surface area contributed by atoms with Crippen LogP contribution in [0, 0.1) is 28.6 Å². The Hall–Kier alpha value is -0.910. The summed E-state index contributed by atoms with van der Waals surface area (Å²) in [6, 6.07) is 9.41. The summed E-state index contributed by atoms with van der Waals surface area (Å²) in [5.74, 6) is 1.68. The summed E-state index contributed by atoms with van der Waals surface area (Å²) >= 11 is 4.16. The van der Waals surface area contributed by atoms with Gasteiger partial charge in [-0.25, -0.2) is 4.79 Å². The van der Waals surface area contributed by atoms with E-state index in [0.29, 0.717) is 23.3 Å². The van der Waals surface area contributed by atoms with Crippen LogP contribution in [0.25, 0.3) is 0 Å². The Bertz CT molecular complexity index is 875. The van der Waals surface area contributed by atoms with Crippen LogP contribution in [0.5, 0.6) is 0 Å². The Morgan fingerprint density at radius 1 is 1.13 bits per heavy atom. The van der Waals surface area contributed by atoms with E-state index in [1.165, 1.54) is 6.42 Å². The molecule has 1 saturated heterocycles. The second-order valence-corrected chi connectivity index (χ2v) is 12.6. The molecule has 0 spiro atoms. The van der Waals surface area contributed by atoms with Crippen LogP contribution in [-0.4, -0.2) is 40.3 Å². The normalized spacial score (nSPS) is 50.3. The monoisotopic (exact) mass is 488 g/mol. The minimum atomic E-state index is -0.213. The highest BCUT2D eigenvalue weighted by molar-refractivity contribution is 9.10. The fourth-order valence-corrected chi connectivity index (χ4v) is 9.93. The minimum absolute atomic E-state index is 0.00561. The van der Waals surface area contributed by atoms with Gasteiger partial charge in [0.15, 0.2) is 0 Å². The number of aliphatic hydroxyl groups excluding tert-OH is 1. The van der Waals surface area contributed by atoms with Crippen molar-refractivity contribution in [3.05, 3.63) is 35.9 Å². The minimum Gasteiger partial charge on any atom is -0.458 e. The highest BCUT2D eigenvalue weighted by Crippen LogP contribution is 2.72. The molecule has 5 fully saturated rings. The molecule has 9 atom stereocenters. The smallest absolute Gasteiger partial charge is 0.338 e. The number of hydrogen-bond acceptors (Lipinski definition) is 4. The molecule has 0 amide bonds. The zero-order valence-corrected chi connectivity index (χ0v) is 19.9. The molecular formula is C26H33BrO4. The Balaban J connectivity index is 1.26. The maximum atomic E-state index is 12.8. The Morgan fingerprint density at radius 3 is 2.74 bits per heavy atom. The van der Waals surface area contributed by atoms with Crippen LogP contribution in [-0.2, 0) is 9.47 Å². The molecule has 2 bridgehead atoms. The molecule has 0 aromatic heterocycles. The first-order valence-electron chi connectivity index (χ1n) is 12.1. The van der Waals surface area contributed by atoms with E-state index in [2.05, 4.69) is 22.9 Å². The largest absolute Gasteiger partial charge is 0.458 e. The highest BCUT2D eigenvalue weighted by atomic mass is 79.9. The molecule has 6 rings (SSSR count). The second-order valence-electron chi connectivity index (χ2n) is 11.2. The molecule has 4 nitrogen and oxygen atoms in total. The second kappa shape index (κ2) is 7.04. The number of benzene rings is 1. The molecule has 168 valence electrons. The van der Waals surface area contributed by atoms with Crippen molar-refractivity contribution in [2.75, 3.05) is 6.61 Å². The van der Waals surface area contributed by atoms with Crippen LogP contribution < -0.4 is 0 Å². The lowest BCUT2D eigenvalue weighted by Crippen LogP contribution is -2.63. The van der Waals surface area contributed by atoms with Crippen molar-refractivity contribution < 1.29 is 19.4 Å². The molecule has 5 aliphatic rings.